The van der Waals surface area contributed by atoms with Crippen LogP contribution in [-0.4, -0.2) is 42.4 Å². The Morgan fingerprint density at radius 1 is 1.13 bits per heavy atom. The number of guanidine groups is 1. The van der Waals surface area contributed by atoms with Crippen LogP contribution in [0, 0.1) is 0 Å². The Kier molecular flexibility index (Phi) is 10.1. The number of primary amides is 1. The van der Waals surface area contributed by atoms with Crippen molar-refractivity contribution in [2.24, 2.45) is 10.7 Å². The van der Waals surface area contributed by atoms with Crippen molar-refractivity contribution in [3.8, 4) is 0 Å². The van der Waals surface area contributed by atoms with E-state index in [1.807, 2.05) is 12.1 Å². The minimum absolute atomic E-state index is 0. The van der Waals surface area contributed by atoms with E-state index < -0.39 is 5.91 Å². The molecule has 30 heavy (non-hydrogen) atoms. The molecule has 1 fully saturated rings. The highest BCUT2D eigenvalue weighted by molar-refractivity contribution is 14.0. The normalized spacial score (nSPS) is 16.7. The molecule has 3 rings (SSSR count). The molecule has 2 aromatic rings. The molecule has 7 heteroatoms. The highest BCUT2D eigenvalue weighted by Crippen LogP contribution is 2.19. The molecule has 1 heterocycles. The first-order chi connectivity index (χ1) is 14.2. The van der Waals surface area contributed by atoms with Gasteiger partial charge in [-0.1, -0.05) is 42.5 Å². The van der Waals surface area contributed by atoms with Gasteiger partial charge in [-0.25, -0.2) is 4.99 Å². The molecular weight excluding hydrogens is 489 g/mol. The molecule has 1 aliphatic rings. The fourth-order valence-electron chi connectivity index (χ4n) is 3.70. The van der Waals surface area contributed by atoms with E-state index in [1.54, 1.807) is 12.1 Å². The number of nitrogens with zero attached hydrogens (tertiary/aromatic N) is 2. The molecule has 0 aliphatic carbocycles. The van der Waals surface area contributed by atoms with Crippen LogP contribution in [0.5, 0.6) is 0 Å². The van der Waals surface area contributed by atoms with Crippen molar-refractivity contribution >= 4 is 35.8 Å². The Morgan fingerprint density at radius 2 is 1.90 bits per heavy atom. The van der Waals surface area contributed by atoms with E-state index in [1.165, 1.54) is 18.4 Å². The molecular formula is C23H32IN5O. The molecule has 1 saturated heterocycles. The number of carbonyl (C=O) groups is 1. The van der Waals surface area contributed by atoms with E-state index in [4.69, 9.17) is 5.73 Å². The lowest BCUT2D eigenvalue weighted by Crippen LogP contribution is -2.44. The average Bonchev–Trinajstić information content (AvgIpc) is 3.18. The van der Waals surface area contributed by atoms with Gasteiger partial charge in [0.2, 0.25) is 5.91 Å². The van der Waals surface area contributed by atoms with E-state index in [-0.39, 0.29) is 24.0 Å². The maximum absolute atomic E-state index is 11.4. The fourth-order valence-corrected chi connectivity index (χ4v) is 3.70. The van der Waals surface area contributed by atoms with Gasteiger partial charge >= 0.3 is 0 Å². The number of hydrogen-bond acceptors (Lipinski definition) is 3. The smallest absolute Gasteiger partial charge is 0.248 e. The summed E-state index contributed by atoms with van der Waals surface area (Å²) in [5, 5.41) is 6.80. The summed E-state index contributed by atoms with van der Waals surface area (Å²) in [7, 11) is 0. The molecule has 1 amide bonds. The lowest BCUT2D eigenvalue weighted by molar-refractivity contribution is 0.1000. The van der Waals surface area contributed by atoms with Crippen LogP contribution in [0.15, 0.2) is 59.6 Å². The van der Waals surface area contributed by atoms with Gasteiger partial charge in [-0.2, -0.15) is 0 Å². The van der Waals surface area contributed by atoms with Crippen molar-refractivity contribution in [3.05, 3.63) is 71.3 Å². The maximum atomic E-state index is 11.4. The van der Waals surface area contributed by atoms with Crippen LogP contribution in [0.4, 0.5) is 0 Å². The summed E-state index contributed by atoms with van der Waals surface area (Å²) in [6, 6.07) is 18.5. The number of rotatable bonds is 8. The van der Waals surface area contributed by atoms with Crippen LogP contribution in [0.25, 0.3) is 0 Å². The SMILES string of the molecule is CCNC(=NCc1cccc(C(N)=O)c1)NCC1CCCN1Cc1ccccc1.I. The third-order valence-electron chi connectivity index (χ3n) is 5.21. The summed E-state index contributed by atoms with van der Waals surface area (Å²) in [6.07, 6.45) is 2.42. The highest BCUT2D eigenvalue weighted by atomic mass is 127. The Morgan fingerprint density at radius 3 is 2.63 bits per heavy atom. The number of carbonyl (C=O) groups excluding carboxylic acids is 1. The van der Waals surface area contributed by atoms with Crippen molar-refractivity contribution in [1.29, 1.82) is 0 Å². The van der Waals surface area contributed by atoms with E-state index in [0.717, 1.165) is 37.7 Å². The Bertz CT molecular complexity index is 827. The minimum atomic E-state index is -0.416. The van der Waals surface area contributed by atoms with Gasteiger partial charge in [-0.15, -0.1) is 24.0 Å². The molecule has 0 spiro atoms. The summed E-state index contributed by atoms with van der Waals surface area (Å²) < 4.78 is 0. The number of halogens is 1. The maximum Gasteiger partial charge on any atom is 0.248 e. The molecule has 1 aliphatic heterocycles. The summed E-state index contributed by atoms with van der Waals surface area (Å²) in [4.78, 5) is 18.6. The van der Waals surface area contributed by atoms with Crippen LogP contribution < -0.4 is 16.4 Å². The molecule has 0 bridgehead atoms. The molecule has 6 nitrogen and oxygen atoms in total. The first-order valence-electron chi connectivity index (χ1n) is 10.3. The van der Waals surface area contributed by atoms with Crippen molar-refractivity contribution in [1.82, 2.24) is 15.5 Å². The fraction of sp³-hybridized carbons (Fsp3) is 0.391. The molecule has 2 aromatic carbocycles. The van der Waals surface area contributed by atoms with E-state index in [2.05, 4.69) is 57.8 Å². The third-order valence-corrected chi connectivity index (χ3v) is 5.21. The molecule has 162 valence electrons. The van der Waals surface area contributed by atoms with Gasteiger partial charge < -0.3 is 16.4 Å². The van der Waals surface area contributed by atoms with Gasteiger partial charge in [0.25, 0.3) is 0 Å². The van der Waals surface area contributed by atoms with Gasteiger partial charge in [0, 0.05) is 31.2 Å². The van der Waals surface area contributed by atoms with Gasteiger partial charge in [-0.3, -0.25) is 9.69 Å². The molecule has 1 atom stereocenters. The molecule has 4 N–H and O–H groups in total. The second-order valence-corrected chi connectivity index (χ2v) is 7.39. The topological polar surface area (TPSA) is 82.7 Å². The summed E-state index contributed by atoms with van der Waals surface area (Å²) in [5.74, 6) is 0.379. The minimum Gasteiger partial charge on any atom is -0.366 e. The first kappa shape index (κ1) is 24.1. The largest absolute Gasteiger partial charge is 0.366 e. The molecule has 0 saturated carbocycles. The Hall–Kier alpha value is -2.13. The number of benzene rings is 2. The second-order valence-electron chi connectivity index (χ2n) is 7.39. The van der Waals surface area contributed by atoms with Crippen molar-refractivity contribution in [2.75, 3.05) is 19.6 Å². The zero-order chi connectivity index (χ0) is 20.5. The average molecular weight is 521 g/mol. The number of nitrogens with two attached hydrogens (primary N) is 1. The number of amides is 1. The summed E-state index contributed by atoms with van der Waals surface area (Å²) in [5.41, 5.74) is 8.20. The highest BCUT2D eigenvalue weighted by Gasteiger charge is 2.24. The lowest BCUT2D eigenvalue weighted by Gasteiger charge is -2.25. The molecule has 1 unspecified atom stereocenters. The van der Waals surface area contributed by atoms with Crippen LogP contribution in [0.3, 0.4) is 0 Å². The predicted molar refractivity (Wildman–Crippen MR) is 133 cm³/mol. The number of aliphatic imine (C=N–C) groups is 1. The standard InChI is InChI=1S/C23H31N5O.HI/c1-2-25-23(26-15-19-10-6-11-20(14-19)22(24)29)27-16-21-12-7-13-28(21)17-18-8-4-3-5-9-18;/h3-6,8-11,14,21H,2,7,12-13,15-17H2,1H3,(H2,24,29)(H2,25,26,27);1H. The van der Waals surface area contributed by atoms with Gasteiger partial charge in [0.15, 0.2) is 5.96 Å². The quantitative estimate of drug-likeness (QED) is 0.283. The lowest BCUT2D eigenvalue weighted by atomic mass is 10.1. The van der Waals surface area contributed by atoms with Crippen LogP contribution in [0.1, 0.15) is 41.3 Å². The zero-order valence-corrected chi connectivity index (χ0v) is 19.8. The second kappa shape index (κ2) is 12.5. The van der Waals surface area contributed by atoms with Crippen molar-refractivity contribution < 1.29 is 4.79 Å². The number of hydrogen-bond donors (Lipinski definition) is 3. The van der Waals surface area contributed by atoms with Gasteiger partial charge in [-0.05, 0) is 49.6 Å². The van der Waals surface area contributed by atoms with Crippen molar-refractivity contribution in [3.63, 3.8) is 0 Å². The molecule has 0 radical (unpaired) electrons. The Labute approximate surface area is 196 Å². The van der Waals surface area contributed by atoms with Gasteiger partial charge in [0.1, 0.15) is 0 Å². The molecule has 0 aromatic heterocycles. The van der Waals surface area contributed by atoms with Crippen LogP contribution >= 0.6 is 24.0 Å². The van der Waals surface area contributed by atoms with E-state index >= 15 is 0 Å². The van der Waals surface area contributed by atoms with Crippen molar-refractivity contribution in [2.45, 2.75) is 38.9 Å². The van der Waals surface area contributed by atoms with E-state index in [0.29, 0.717) is 18.2 Å². The number of likely N-dealkylation sites (tertiary alicyclic amines) is 1. The third kappa shape index (κ3) is 7.28. The predicted octanol–water partition coefficient (Wildman–Crippen LogP) is 3.12. The van der Waals surface area contributed by atoms with Crippen LogP contribution in [-0.2, 0) is 13.1 Å². The van der Waals surface area contributed by atoms with E-state index in [9.17, 15) is 4.79 Å². The zero-order valence-electron chi connectivity index (χ0n) is 17.5. The van der Waals surface area contributed by atoms with Crippen LogP contribution in [0.2, 0.25) is 0 Å². The Balaban J connectivity index is 0.00000320. The number of nitrogens with one attached hydrogen (secondary N) is 2. The summed E-state index contributed by atoms with van der Waals surface area (Å²) >= 11 is 0. The first-order valence-corrected chi connectivity index (χ1v) is 10.3. The summed E-state index contributed by atoms with van der Waals surface area (Å²) in [6.45, 7) is 6.33. The van der Waals surface area contributed by atoms with Gasteiger partial charge in [0.05, 0.1) is 6.54 Å². The monoisotopic (exact) mass is 521 g/mol.